The van der Waals surface area contributed by atoms with Gasteiger partial charge in [-0.2, -0.15) is 0 Å². The van der Waals surface area contributed by atoms with Crippen LogP contribution in [0.2, 0.25) is 0 Å². The lowest BCUT2D eigenvalue weighted by molar-refractivity contribution is -0.129. The molecule has 5 nitrogen and oxygen atoms in total. The number of amides is 1. The molecule has 3 rings (SSSR count). The van der Waals surface area contributed by atoms with Gasteiger partial charge in [0.25, 0.3) is 0 Å². The number of carbonyl (C=O) groups excluding carboxylic acids is 1. The van der Waals surface area contributed by atoms with E-state index in [2.05, 4.69) is 10.2 Å². The Labute approximate surface area is 145 Å². The summed E-state index contributed by atoms with van der Waals surface area (Å²) in [5.74, 6) is 0.0447. The highest BCUT2D eigenvalue weighted by atomic mass is 32.2. The third kappa shape index (κ3) is 3.95. The molecule has 1 saturated carbocycles. The van der Waals surface area contributed by atoms with Crippen molar-refractivity contribution in [3.05, 3.63) is 42.0 Å². The molecular weight excluding hydrogens is 327 g/mol. The molecule has 1 amide bonds. The van der Waals surface area contributed by atoms with Gasteiger partial charge >= 0.3 is 0 Å². The lowest BCUT2D eigenvalue weighted by atomic mass is 10.2. The maximum absolute atomic E-state index is 13.9. The molecule has 0 saturated heterocycles. The SMILES string of the molecule is CC(C)n1cnnc1SCC(=O)N(Cc1ccccc1F)C1CC1. The van der Waals surface area contributed by atoms with Gasteiger partial charge in [-0.1, -0.05) is 30.0 Å². The van der Waals surface area contributed by atoms with Crippen LogP contribution in [0.15, 0.2) is 35.7 Å². The highest BCUT2D eigenvalue weighted by Crippen LogP contribution is 2.30. The minimum Gasteiger partial charge on any atom is -0.335 e. The Balaban J connectivity index is 1.65. The van der Waals surface area contributed by atoms with E-state index < -0.39 is 0 Å². The van der Waals surface area contributed by atoms with Crippen LogP contribution >= 0.6 is 11.8 Å². The second-order valence-corrected chi connectivity index (χ2v) is 7.19. The second-order valence-electron chi connectivity index (χ2n) is 6.25. The van der Waals surface area contributed by atoms with Crippen molar-refractivity contribution in [2.75, 3.05) is 5.75 Å². The molecule has 24 heavy (non-hydrogen) atoms. The van der Waals surface area contributed by atoms with E-state index in [4.69, 9.17) is 0 Å². The average Bonchev–Trinajstić information content (AvgIpc) is 3.28. The minimum absolute atomic E-state index is 0.0176. The number of thioether (sulfide) groups is 1. The monoisotopic (exact) mass is 348 g/mol. The first-order valence-corrected chi connectivity index (χ1v) is 9.10. The highest BCUT2D eigenvalue weighted by molar-refractivity contribution is 7.99. The van der Waals surface area contributed by atoms with Crippen molar-refractivity contribution in [2.45, 2.75) is 50.5 Å². The first-order valence-electron chi connectivity index (χ1n) is 8.11. The molecule has 0 aliphatic heterocycles. The summed E-state index contributed by atoms with van der Waals surface area (Å²) in [6.07, 6.45) is 3.66. The van der Waals surface area contributed by atoms with Crippen LogP contribution in [0.5, 0.6) is 0 Å². The predicted molar refractivity (Wildman–Crippen MR) is 91.1 cm³/mol. The lowest BCUT2D eigenvalue weighted by Crippen LogP contribution is -2.34. The molecule has 1 fully saturated rings. The zero-order chi connectivity index (χ0) is 17.1. The van der Waals surface area contributed by atoms with Gasteiger partial charge in [0.15, 0.2) is 5.16 Å². The molecule has 1 aliphatic rings. The Hall–Kier alpha value is -1.89. The molecule has 0 unspecified atom stereocenters. The summed E-state index contributed by atoms with van der Waals surface area (Å²) in [6, 6.07) is 7.12. The number of halogens is 1. The molecule has 0 atom stereocenters. The van der Waals surface area contributed by atoms with E-state index in [1.165, 1.54) is 17.8 Å². The Kier molecular flexibility index (Phi) is 5.18. The lowest BCUT2D eigenvalue weighted by Gasteiger charge is -2.22. The fourth-order valence-electron chi connectivity index (χ4n) is 2.52. The summed E-state index contributed by atoms with van der Waals surface area (Å²) < 4.78 is 15.8. The summed E-state index contributed by atoms with van der Waals surface area (Å²) >= 11 is 1.38. The van der Waals surface area contributed by atoms with Crippen molar-refractivity contribution >= 4 is 17.7 Å². The Morgan fingerprint density at radius 1 is 1.42 bits per heavy atom. The normalized spacial score (nSPS) is 14.2. The van der Waals surface area contributed by atoms with Gasteiger partial charge in [-0.3, -0.25) is 4.79 Å². The van der Waals surface area contributed by atoms with Crippen LogP contribution in [0.4, 0.5) is 4.39 Å². The van der Waals surface area contributed by atoms with E-state index in [-0.39, 0.29) is 29.6 Å². The third-order valence-electron chi connectivity index (χ3n) is 4.03. The zero-order valence-corrected chi connectivity index (χ0v) is 14.7. The molecule has 0 N–H and O–H groups in total. The predicted octanol–water partition coefficient (Wildman–Crippen LogP) is 3.28. The van der Waals surface area contributed by atoms with Crippen LogP contribution in [0.1, 0.15) is 38.3 Å². The minimum atomic E-state index is -0.261. The fourth-order valence-corrected chi connectivity index (χ4v) is 3.45. The van der Waals surface area contributed by atoms with E-state index in [0.717, 1.165) is 18.0 Å². The third-order valence-corrected chi connectivity index (χ3v) is 4.97. The zero-order valence-electron chi connectivity index (χ0n) is 13.9. The van der Waals surface area contributed by atoms with E-state index >= 15 is 0 Å². The van der Waals surface area contributed by atoms with Gasteiger partial charge in [-0.15, -0.1) is 10.2 Å². The first kappa shape index (κ1) is 17.0. The molecule has 1 heterocycles. The van der Waals surface area contributed by atoms with Gasteiger partial charge in [0.2, 0.25) is 5.91 Å². The van der Waals surface area contributed by atoms with Gasteiger partial charge in [0.05, 0.1) is 5.75 Å². The van der Waals surface area contributed by atoms with Gasteiger partial charge in [-0.25, -0.2) is 4.39 Å². The van der Waals surface area contributed by atoms with Crippen molar-refractivity contribution in [3.63, 3.8) is 0 Å². The average molecular weight is 348 g/mol. The van der Waals surface area contributed by atoms with E-state index in [9.17, 15) is 9.18 Å². The molecule has 1 aliphatic carbocycles. The molecule has 7 heteroatoms. The number of nitrogens with zero attached hydrogens (tertiary/aromatic N) is 4. The van der Waals surface area contributed by atoms with Gasteiger partial charge < -0.3 is 9.47 Å². The van der Waals surface area contributed by atoms with Gasteiger partial charge in [0.1, 0.15) is 12.1 Å². The molecule has 0 radical (unpaired) electrons. The van der Waals surface area contributed by atoms with E-state index in [0.29, 0.717) is 12.1 Å². The van der Waals surface area contributed by atoms with E-state index in [1.807, 2.05) is 18.4 Å². The van der Waals surface area contributed by atoms with Crippen LogP contribution in [0.25, 0.3) is 0 Å². The molecule has 0 bridgehead atoms. The summed E-state index contributed by atoms with van der Waals surface area (Å²) in [5, 5.41) is 8.72. The summed E-state index contributed by atoms with van der Waals surface area (Å²) in [7, 11) is 0. The van der Waals surface area contributed by atoms with Gasteiger partial charge in [0, 0.05) is 24.2 Å². The highest BCUT2D eigenvalue weighted by Gasteiger charge is 2.33. The smallest absolute Gasteiger partial charge is 0.233 e. The Morgan fingerprint density at radius 2 is 2.17 bits per heavy atom. The van der Waals surface area contributed by atoms with Crippen LogP contribution in [-0.2, 0) is 11.3 Å². The quantitative estimate of drug-likeness (QED) is 0.721. The number of hydrogen-bond acceptors (Lipinski definition) is 4. The number of benzene rings is 1. The van der Waals surface area contributed by atoms with E-state index in [1.54, 1.807) is 29.4 Å². The molecule has 1 aromatic heterocycles. The van der Waals surface area contributed by atoms with Crippen LogP contribution in [-0.4, -0.2) is 37.4 Å². The number of rotatable bonds is 7. The molecular formula is C17H21FN4OS. The van der Waals surface area contributed by atoms with Gasteiger partial charge in [-0.05, 0) is 32.8 Å². The number of carbonyl (C=O) groups is 1. The summed E-state index contributed by atoms with van der Waals surface area (Å²) in [4.78, 5) is 14.4. The number of aromatic nitrogens is 3. The van der Waals surface area contributed by atoms with Crippen molar-refractivity contribution < 1.29 is 9.18 Å². The molecule has 0 spiro atoms. The topological polar surface area (TPSA) is 51.0 Å². The van der Waals surface area contributed by atoms with Crippen molar-refractivity contribution in [2.24, 2.45) is 0 Å². The molecule has 1 aromatic carbocycles. The standard InChI is InChI=1S/C17H21FN4OS/c1-12(2)22-11-19-20-17(22)24-10-16(23)21(14-7-8-14)9-13-5-3-4-6-15(13)18/h3-6,11-12,14H,7-10H2,1-2H3. The largest absolute Gasteiger partial charge is 0.335 e. The molecule has 128 valence electrons. The Bertz CT molecular complexity index is 714. The van der Waals surface area contributed by atoms with Crippen LogP contribution in [0, 0.1) is 5.82 Å². The van der Waals surface area contributed by atoms with Crippen LogP contribution < -0.4 is 0 Å². The maximum Gasteiger partial charge on any atom is 0.233 e. The fraction of sp³-hybridized carbons (Fsp3) is 0.471. The van der Waals surface area contributed by atoms with Crippen LogP contribution in [0.3, 0.4) is 0 Å². The first-order chi connectivity index (χ1) is 11.6. The van der Waals surface area contributed by atoms with Crippen molar-refractivity contribution in [3.8, 4) is 0 Å². The summed E-state index contributed by atoms with van der Waals surface area (Å²) in [5.41, 5.74) is 0.563. The second kappa shape index (κ2) is 7.34. The maximum atomic E-state index is 13.9. The van der Waals surface area contributed by atoms with Crippen molar-refractivity contribution in [1.29, 1.82) is 0 Å². The number of hydrogen-bond donors (Lipinski definition) is 0. The van der Waals surface area contributed by atoms with Crippen molar-refractivity contribution in [1.82, 2.24) is 19.7 Å². The molecule has 2 aromatic rings. The summed E-state index contributed by atoms with van der Waals surface area (Å²) in [6.45, 7) is 4.42. The Morgan fingerprint density at radius 3 is 2.83 bits per heavy atom.